The lowest BCUT2D eigenvalue weighted by Crippen LogP contribution is -2.06. The Morgan fingerprint density at radius 2 is 1.79 bits per heavy atom. The fraction of sp³-hybridized carbons (Fsp3) is 0. The molecule has 2 rings (SSSR count). The third-order valence-corrected chi connectivity index (χ3v) is 2.38. The van der Waals surface area contributed by atoms with Crippen LogP contribution in [0.2, 0.25) is 0 Å². The van der Waals surface area contributed by atoms with E-state index in [1.165, 1.54) is 18.2 Å². The molecule has 0 radical (unpaired) electrons. The van der Waals surface area contributed by atoms with Crippen molar-refractivity contribution in [3.05, 3.63) is 59.4 Å². The highest BCUT2D eigenvalue weighted by Gasteiger charge is 2.17. The van der Waals surface area contributed by atoms with Crippen molar-refractivity contribution in [2.45, 2.75) is 0 Å². The molecule has 2 aromatic rings. The van der Waals surface area contributed by atoms with Gasteiger partial charge in [-0.05, 0) is 24.3 Å². The summed E-state index contributed by atoms with van der Waals surface area (Å²) in [5.41, 5.74) is -0.825. The Hall–Kier alpha value is -2.50. The van der Waals surface area contributed by atoms with Gasteiger partial charge in [0.15, 0.2) is 0 Å². The highest BCUT2D eigenvalue weighted by molar-refractivity contribution is 5.95. The zero-order chi connectivity index (χ0) is 14.0. The molecule has 0 amide bonds. The number of carboxylic acids is 1. The molecule has 2 N–H and O–H groups in total. The maximum absolute atomic E-state index is 13.6. The van der Waals surface area contributed by atoms with Crippen LogP contribution in [0.3, 0.4) is 0 Å². The molecular formula is C13H8F3NO2. The number of carboxylic acid groups (broad SMARTS) is 1. The van der Waals surface area contributed by atoms with Gasteiger partial charge in [0.1, 0.15) is 17.5 Å². The van der Waals surface area contributed by atoms with Gasteiger partial charge in [-0.15, -0.1) is 0 Å². The predicted octanol–water partition coefficient (Wildman–Crippen LogP) is 3.55. The van der Waals surface area contributed by atoms with Gasteiger partial charge in [0.25, 0.3) is 0 Å². The second-order valence-corrected chi connectivity index (χ2v) is 3.75. The van der Waals surface area contributed by atoms with Crippen LogP contribution in [0.15, 0.2) is 36.4 Å². The second kappa shape index (κ2) is 5.01. The Bertz CT molecular complexity index is 644. The van der Waals surface area contributed by atoms with Crippen molar-refractivity contribution < 1.29 is 23.1 Å². The molecular weight excluding hydrogens is 259 g/mol. The summed E-state index contributed by atoms with van der Waals surface area (Å²) < 4.78 is 39.6. The summed E-state index contributed by atoms with van der Waals surface area (Å²) in [4.78, 5) is 10.9. The SMILES string of the molecule is O=C(O)c1cc(F)cc(F)c1Nc1cccc(F)c1. The fourth-order valence-corrected chi connectivity index (χ4v) is 1.58. The average molecular weight is 267 g/mol. The number of benzene rings is 2. The molecule has 6 heteroatoms. The van der Waals surface area contributed by atoms with Crippen LogP contribution in [0.1, 0.15) is 10.4 Å². The van der Waals surface area contributed by atoms with Crippen molar-refractivity contribution in [3.63, 3.8) is 0 Å². The van der Waals surface area contributed by atoms with Gasteiger partial charge in [-0.3, -0.25) is 0 Å². The monoisotopic (exact) mass is 267 g/mol. The third kappa shape index (κ3) is 2.85. The minimum Gasteiger partial charge on any atom is -0.478 e. The minimum atomic E-state index is -1.49. The Morgan fingerprint density at radius 1 is 1.05 bits per heavy atom. The Balaban J connectivity index is 2.47. The summed E-state index contributed by atoms with van der Waals surface area (Å²) >= 11 is 0. The lowest BCUT2D eigenvalue weighted by Gasteiger charge is -2.11. The zero-order valence-electron chi connectivity index (χ0n) is 9.45. The van der Waals surface area contributed by atoms with Crippen LogP contribution in [0.25, 0.3) is 0 Å². The number of rotatable bonds is 3. The Labute approximate surface area is 106 Å². The van der Waals surface area contributed by atoms with Gasteiger partial charge in [0.2, 0.25) is 0 Å². The van der Waals surface area contributed by atoms with Crippen LogP contribution in [0.5, 0.6) is 0 Å². The van der Waals surface area contributed by atoms with E-state index < -0.39 is 34.7 Å². The first-order valence-electron chi connectivity index (χ1n) is 5.22. The van der Waals surface area contributed by atoms with Crippen LogP contribution in [0, 0.1) is 17.5 Å². The van der Waals surface area contributed by atoms with Crippen molar-refractivity contribution in [2.24, 2.45) is 0 Å². The Morgan fingerprint density at radius 3 is 2.42 bits per heavy atom. The number of aromatic carboxylic acids is 1. The van der Waals surface area contributed by atoms with Crippen molar-refractivity contribution in [2.75, 3.05) is 5.32 Å². The third-order valence-electron chi connectivity index (χ3n) is 2.38. The number of anilines is 2. The standard InChI is InChI=1S/C13H8F3NO2/c14-7-2-1-3-9(4-7)17-12-10(13(18)19)5-8(15)6-11(12)16/h1-6,17H,(H,18,19). The Kier molecular flexibility index (Phi) is 3.41. The lowest BCUT2D eigenvalue weighted by molar-refractivity contribution is 0.0697. The molecule has 0 saturated heterocycles. The van der Waals surface area contributed by atoms with E-state index in [2.05, 4.69) is 5.32 Å². The molecule has 0 aliphatic carbocycles. The van der Waals surface area contributed by atoms with Gasteiger partial charge in [-0.25, -0.2) is 18.0 Å². The van der Waals surface area contributed by atoms with Crippen molar-refractivity contribution in [1.29, 1.82) is 0 Å². The van der Waals surface area contributed by atoms with Crippen molar-refractivity contribution in [1.82, 2.24) is 0 Å². The summed E-state index contributed by atoms with van der Waals surface area (Å²) in [5, 5.41) is 11.3. The van der Waals surface area contributed by atoms with Gasteiger partial charge in [0, 0.05) is 11.8 Å². The molecule has 0 fully saturated rings. The maximum atomic E-state index is 13.6. The number of nitrogens with one attached hydrogen (secondary N) is 1. The van der Waals surface area contributed by atoms with Gasteiger partial charge in [-0.1, -0.05) is 6.07 Å². The first-order valence-corrected chi connectivity index (χ1v) is 5.22. The van der Waals surface area contributed by atoms with Crippen molar-refractivity contribution in [3.8, 4) is 0 Å². The zero-order valence-corrected chi connectivity index (χ0v) is 9.45. The molecule has 2 aromatic carbocycles. The smallest absolute Gasteiger partial charge is 0.338 e. The molecule has 98 valence electrons. The summed E-state index contributed by atoms with van der Waals surface area (Å²) in [6, 6.07) is 6.29. The van der Waals surface area contributed by atoms with Gasteiger partial charge < -0.3 is 10.4 Å². The van der Waals surface area contributed by atoms with Gasteiger partial charge in [0.05, 0.1) is 11.3 Å². The summed E-state index contributed by atoms with van der Waals surface area (Å²) in [7, 11) is 0. The lowest BCUT2D eigenvalue weighted by atomic mass is 10.1. The molecule has 0 aromatic heterocycles. The number of carbonyl (C=O) groups is 1. The average Bonchev–Trinajstić information content (AvgIpc) is 2.32. The molecule has 0 saturated carbocycles. The topological polar surface area (TPSA) is 49.3 Å². The molecule has 3 nitrogen and oxygen atoms in total. The normalized spacial score (nSPS) is 10.3. The van der Waals surface area contributed by atoms with E-state index in [0.29, 0.717) is 12.1 Å². The molecule has 0 spiro atoms. The number of hydrogen-bond donors (Lipinski definition) is 2. The van der Waals surface area contributed by atoms with E-state index in [4.69, 9.17) is 5.11 Å². The molecule has 0 bridgehead atoms. The van der Waals surface area contributed by atoms with Crippen LogP contribution < -0.4 is 5.32 Å². The highest BCUT2D eigenvalue weighted by atomic mass is 19.1. The number of hydrogen-bond acceptors (Lipinski definition) is 2. The highest BCUT2D eigenvalue weighted by Crippen LogP contribution is 2.26. The predicted molar refractivity (Wildman–Crippen MR) is 63.0 cm³/mol. The molecule has 0 atom stereocenters. The van der Waals surface area contributed by atoms with E-state index >= 15 is 0 Å². The molecule has 0 heterocycles. The largest absolute Gasteiger partial charge is 0.478 e. The van der Waals surface area contributed by atoms with E-state index in [9.17, 15) is 18.0 Å². The first-order chi connectivity index (χ1) is 8.97. The molecule has 19 heavy (non-hydrogen) atoms. The molecule has 0 aliphatic heterocycles. The van der Waals surface area contributed by atoms with Crippen LogP contribution in [-0.4, -0.2) is 11.1 Å². The van der Waals surface area contributed by atoms with Crippen LogP contribution in [0.4, 0.5) is 24.5 Å². The first kappa shape index (κ1) is 12.9. The number of halogens is 3. The quantitative estimate of drug-likeness (QED) is 0.894. The van der Waals surface area contributed by atoms with E-state index in [-0.39, 0.29) is 5.69 Å². The molecule has 0 unspecified atom stereocenters. The van der Waals surface area contributed by atoms with Crippen LogP contribution in [-0.2, 0) is 0 Å². The van der Waals surface area contributed by atoms with Gasteiger partial charge >= 0.3 is 5.97 Å². The second-order valence-electron chi connectivity index (χ2n) is 3.75. The van der Waals surface area contributed by atoms with E-state index in [1.54, 1.807) is 0 Å². The minimum absolute atomic E-state index is 0.160. The summed E-state index contributed by atoms with van der Waals surface area (Å²) in [6.45, 7) is 0. The fourth-order valence-electron chi connectivity index (χ4n) is 1.58. The summed E-state index contributed by atoms with van der Waals surface area (Å²) in [6.07, 6.45) is 0. The van der Waals surface area contributed by atoms with Crippen LogP contribution >= 0.6 is 0 Å². The molecule has 0 aliphatic rings. The maximum Gasteiger partial charge on any atom is 0.338 e. The summed E-state index contributed by atoms with van der Waals surface area (Å²) in [5.74, 6) is -4.12. The van der Waals surface area contributed by atoms with Crippen molar-refractivity contribution >= 4 is 17.3 Å². The van der Waals surface area contributed by atoms with E-state index in [0.717, 1.165) is 6.07 Å². The van der Waals surface area contributed by atoms with E-state index in [1.807, 2.05) is 0 Å². The van der Waals surface area contributed by atoms with Gasteiger partial charge in [-0.2, -0.15) is 0 Å².